The van der Waals surface area contributed by atoms with Crippen LogP contribution < -0.4 is 0 Å². The van der Waals surface area contributed by atoms with Gasteiger partial charge in [-0.25, -0.2) is 4.39 Å². The van der Waals surface area contributed by atoms with Crippen molar-refractivity contribution in [2.24, 2.45) is 5.92 Å². The molecule has 0 radical (unpaired) electrons. The van der Waals surface area contributed by atoms with Gasteiger partial charge in [-0.3, -0.25) is 14.4 Å². The Morgan fingerprint density at radius 3 is 2.61 bits per heavy atom. The van der Waals surface area contributed by atoms with Crippen LogP contribution in [0.15, 0.2) is 30.3 Å². The summed E-state index contributed by atoms with van der Waals surface area (Å²) in [6, 6.07) is 8.88. The summed E-state index contributed by atoms with van der Waals surface area (Å²) in [4.78, 5) is 17.6. The number of amides is 1. The van der Waals surface area contributed by atoms with Crippen LogP contribution in [-0.2, 0) is 13.1 Å². The van der Waals surface area contributed by atoms with E-state index in [1.807, 2.05) is 36.9 Å². The summed E-state index contributed by atoms with van der Waals surface area (Å²) in [5.41, 5.74) is 2.65. The summed E-state index contributed by atoms with van der Waals surface area (Å²) >= 11 is 0. The number of rotatable bonds is 5. The van der Waals surface area contributed by atoms with Gasteiger partial charge in [0.1, 0.15) is 11.5 Å². The lowest BCUT2D eigenvalue weighted by molar-refractivity contribution is 0.0690. The number of carbonyl (C=O) groups excluding carboxylic acids is 1. The van der Waals surface area contributed by atoms with Gasteiger partial charge in [0.2, 0.25) is 0 Å². The molecule has 0 aliphatic carbocycles. The van der Waals surface area contributed by atoms with Gasteiger partial charge in [0.05, 0.1) is 5.69 Å². The van der Waals surface area contributed by atoms with Crippen molar-refractivity contribution in [1.29, 1.82) is 0 Å². The van der Waals surface area contributed by atoms with Crippen LogP contribution in [0.1, 0.15) is 48.9 Å². The Morgan fingerprint density at radius 2 is 1.96 bits per heavy atom. The first-order valence-electron chi connectivity index (χ1n) is 10.2. The van der Waals surface area contributed by atoms with E-state index in [1.54, 1.807) is 4.68 Å². The highest BCUT2D eigenvalue weighted by Crippen LogP contribution is 2.21. The predicted octanol–water partition coefficient (Wildman–Crippen LogP) is 3.72. The van der Waals surface area contributed by atoms with Gasteiger partial charge in [0.25, 0.3) is 5.91 Å². The van der Waals surface area contributed by atoms with Gasteiger partial charge < -0.3 is 4.90 Å². The van der Waals surface area contributed by atoms with Crippen LogP contribution in [0.5, 0.6) is 0 Å². The molecule has 0 bridgehead atoms. The van der Waals surface area contributed by atoms with Gasteiger partial charge in [-0.1, -0.05) is 26.0 Å². The molecule has 1 atom stereocenters. The molecule has 6 heteroatoms. The first-order valence-corrected chi connectivity index (χ1v) is 10.2. The maximum Gasteiger partial charge on any atom is 0.272 e. The second-order valence-electron chi connectivity index (χ2n) is 8.00. The fraction of sp³-hybridized carbons (Fsp3) is 0.545. The Labute approximate surface area is 167 Å². The minimum absolute atomic E-state index is 0.0664. The van der Waals surface area contributed by atoms with Gasteiger partial charge >= 0.3 is 0 Å². The predicted molar refractivity (Wildman–Crippen MR) is 109 cm³/mol. The Kier molecular flexibility index (Phi) is 6.50. The second-order valence-corrected chi connectivity index (χ2v) is 8.00. The lowest BCUT2D eigenvalue weighted by Gasteiger charge is -2.34. The van der Waals surface area contributed by atoms with Crippen LogP contribution in [0.2, 0.25) is 0 Å². The van der Waals surface area contributed by atoms with E-state index >= 15 is 0 Å². The van der Waals surface area contributed by atoms with Gasteiger partial charge in [-0.05, 0) is 49.9 Å². The third-order valence-electron chi connectivity index (χ3n) is 5.53. The van der Waals surface area contributed by atoms with Crippen LogP contribution in [0.4, 0.5) is 4.39 Å². The standard InChI is InChI=1S/C22H31FN4O/c1-5-27-20(13-17(4)24-27)22(28)26-12-6-11-25(21(15-26)16(2)3)14-18-7-9-19(23)10-8-18/h7-10,13,16,21H,5-6,11-12,14-15H2,1-4H3. The van der Waals surface area contributed by atoms with Crippen molar-refractivity contribution in [3.05, 3.63) is 53.1 Å². The summed E-state index contributed by atoms with van der Waals surface area (Å²) in [6.07, 6.45) is 0.926. The fourth-order valence-corrected chi connectivity index (χ4v) is 4.02. The summed E-state index contributed by atoms with van der Waals surface area (Å²) in [7, 11) is 0. The van der Waals surface area contributed by atoms with Crippen LogP contribution in [0.3, 0.4) is 0 Å². The summed E-state index contributed by atoms with van der Waals surface area (Å²) in [6.45, 7) is 12.2. The number of hydrogen-bond acceptors (Lipinski definition) is 3. The number of carbonyl (C=O) groups is 1. The van der Waals surface area contributed by atoms with E-state index < -0.39 is 0 Å². The fourth-order valence-electron chi connectivity index (χ4n) is 4.02. The SMILES string of the molecule is CCn1nc(C)cc1C(=O)N1CCCN(Cc2ccc(F)cc2)C(C(C)C)C1. The van der Waals surface area contributed by atoms with Crippen molar-refractivity contribution in [3.63, 3.8) is 0 Å². The average molecular weight is 387 g/mol. The topological polar surface area (TPSA) is 41.4 Å². The molecule has 1 amide bonds. The van der Waals surface area contributed by atoms with E-state index in [4.69, 9.17) is 0 Å². The third kappa shape index (κ3) is 4.61. The van der Waals surface area contributed by atoms with Crippen molar-refractivity contribution in [1.82, 2.24) is 19.6 Å². The molecule has 2 aromatic rings. The first-order chi connectivity index (χ1) is 13.4. The summed E-state index contributed by atoms with van der Waals surface area (Å²) < 4.78 is 15.0. The molecule has 3 rings (SSSR count). The van der Waals surface area contributed by atoms with Crippen molar-refractivity contribution in [3.8, 4) is 0 Å². The molecule has 1 aliphatic heterocycles. The highest BCUT2D eigenvalue weighted by atomic mass is 19.1. The summed E-state index contributed by atoms with van der Waals surface area (Å²) in [5.74, 6) is 0.267. The number of hydrogen-bond donors (Lipinski definition) is 0. The molecule has 0 N–H and O–H groups in total. The Bertz CT molecular complexity index is 799. The number of nitrogens with zero attached hydrogens (tertiary/aromatic N) is 4. The molecule has 1 aromatic heterocycles. The molecule has 28 heavy (non-hydrogen) atoms. The zero-order valence-electron chi connectivity index (χ0n) is 17.4. The van der Waals surface area contributed by atoms with E-state index in [1.165, 1.54) is 12.1 Å². The molecule has 1 unspecified atom stereocenters. The molecule has 152 valence electrons. The van der Waals surface area contributed by atoms with E-state index in [9.17, 15) is 9.18 Å². The molecule has 5 nitrogen and oxygen atoms in total. The minimum Gasteiger partial charge on any atom is -0.336 e. The zero-order valence-corrected chi connectivity index (χ0v) is 17.4. The van der Waals surface area contributed by atoms with Crippen molar-refractivity contribution in [2.75, 3.05) is 19.6 Å². The van der Waals surface area contributed by atoms with Crippen LogP contribution >= 0.6 is 0 Å². The largest absolute Gasteiger partial charge is 0.336 e. The quantitative estimate of drug-likeness (QED) is 0.786. The number of aryl methyl sites for hydroxylation is 2. The highest BCUT2D eigenvalue weighted by Gasteiger charge is 2.31. The number of benzene rings is 1. The highest BCUT2D eigenvalue weighted by molar-refractivity contribution is 5.92. The van der Waals surface area contributed by atoms with Gasteiger partial charge in [0.15, 0.2) is 0 Å². The molecular formula is C22H31FN4O. The molecule has 1 fully saturated rings. The summed E-state index contributed by atoms with van der Waals surface area (Å²) in [5, 5.41) is 4.43. The monoisotopic (exact) mass is 386 g/mol. The van der Waals surface area contributed by atoms with Gasteiger partial charge in [0, 0.05) is 38.8 Å². The maximum atomic E-state index is 13.2. The first kappa shape index (κ1) is 20.5. The molecule has 0 spiro atoms. The minimum atomic E-state index is -0.209. The second kappa shape index (κ2) is 8.86. The molecule has 2 heterocycles. The van der Waals surface area contributed by atoms with Crippen LogP contribution in [-0.4, -0.2) is 51.2 Å². The Hall–Kier alpha value is -2.21. The normalized spacial score (nSPS) is 18.5. The van der Waals surface area contributed by atoms with Gasteiger partial charge in [-0.2, -0.15) is 5.10 Å². The van der Waals surface area contributed by atoms with Gasteiger partial charge in [-0.15, -0.1) is 0 Å². The lowest BCUT2D eigenvalue weighted by atomic mass is 10.0. The maximum absolute atomic E-state index is 13.2. The smallest absolute Gasteiger partial charge is 0.272 e. The Balaban J connectivity index is 1.78. The van der Waals surface area contributed by atoms with Crippen LogP contribution in [0, 0.1) is 18.7 Å². The molecular weight excluding hydrogens is 355 g/mol. The number of halogens is 1. The van der Waals surface area contributed by atoms with E-state index in [2.05, 4.69) is 23.8 Å². The van der Waals surface area contributed by atoms with E-state index in [0.717, 1.165) is 37.3 Å². The Morgan fingerprint density at radius 1 is 1.25 bits per heavy atom. The average Bonchev–Trinajstić information content (AvgIpc) is 2.92. The van der Waals surface area contributed by atoms with Crippen LogP contribution in [0.25, 0.3) is 0 Å². The number of aromatic nitrogens is 2. The lowest BCUT2D eigenvalue weighted by Crippen LogP contribution is -2.45. The van der Waals surface area contributed by atoms with E-state index in [0.29, 0.717) is 24.7 Å². The van der Waals surface area contributed by atoms with Crippen molar-refractivity contribution >= 4 is 5.91 Å². The molecule has 1 aliphatic rings. The molecule has 1 saturated heterocycles. The van der Waals surface area contributed by atoms with Crippen molar-refractivity contribution < 1.29 is 9.18 Å². The third-order valence-corrected chi connectivity index (χ3v) is 5.53. The van der Waals surface area contributed by atoms with E-state index in [-0.39, 0.29) is 17.8 Å². The molecule has 0 saturated carbocycles. The van der Waals surface area contributed by atoms with Crippen molar-refractivity contribution in [2.45, 2.75) is 53.2 Å². The zero-order chi connectivity index (χ0) is 20.3. The molecule has 1 aromatic carbocycles.